The van der Waals surface area contributed by atoms with Crippen molar-refractivity contribution < 1.29 is 18.7 Å². The Labute approximate surface area is 182 Å². The summed E-state index contributed by atoms with van der Waals surface area (Å²) in [6.07, 6.45) is 5.71. The Kier molecular flexibility index (Phi) is 5.94. The molecule has 11 heteroatoms. The normalized spacial score (nSPS) is 16.9. The van der Waals surface area contributed by atoms with Crippen LogP contribution in [0.3, 0.4) is 0 Å². The Morgan fingerprint density at radius 1 is 1.45 bits per heavy atom. The fourth-order valence-corrected chi connectivity index (χ4v) is 4.03. The van der Waals surface area contributed by atoms with E-state index in [0.717, 1.165) is 10.9 Å². The molecule has 1 unspecified atom stereocenters. The van der Waals surface area contributed by atoms with Crippen LogP contribution in [0.25, 0.3) is 5.69 Å². The van der Waals surface area contributed by atoms with Crippen LogP contribution in [0.2, 0.25) is 0 Å². The molecule has 2 N–H and O–H groups in total. The maximum absolute atomic E-state index is 14.9. The number of anilines is 1. The van der Waals surface area contributed by atoms with Gasteiger partial charge in [-0.05, 0) is 25.1 Å². The fraction of sp³-hybridized carbons (Fsp3) is 0.300. The smallest absolute Gasteiger partial charge is 0.414 e. The number of hydrogen-bond donors (Lipinski definition) is 2. The van der Waals surface area contributed by atoms with Crippen LogP contribution in [-0.2, 0) is 9.53 Å². The summed E-state index contributed by atoms with van der Waals surface area (Å²) in [5, 5.41) is 3.42. The first-order valence-electron chi connectivity index (χ1n) is 9.63. The Morgan fingerprint density at radius 2 is 2.29 bits per heavy atom. The van der Waals surface area contributed by atoms with Gasteiger partial charge < -0.3 is 19.6 Å². The Hall–Kier alpha value is -3.34. The van der Waals surface area contributed by atoms with Gasteiger partial charge in [-0.15, -0.1) is 0 Å². The van der Waals surface area contributed by atoms with Crippen molar-refractivity contribution in [2.24, 2.45) is 0 Å². The lowest BCUT2D eigenvalue weighted by Crippen LogP contribution is -2.33. The number of ether oxygens (including phenoxy) is 1. The summed E-state index contributed by atoms with van der Waals surface area (Å²) in [5.41, 5.74) is 1.49. The molecule has 1 saturated heterocycles. The van der Waals surface area contributed by atoms with E-state index in [-0.39, 0.29) is 24.2 Å². The predicted octanol–water partition coefficient (Wildman–Crippen LogP) is 3.05. The van der Waals surface area contributed by atoms with Gasteiger partial charge in [0.15, 0.2) is 5.16 Å². The highest BCUT2D eigenvalue weighted by atomic mass is 32.2. The van der Waals surface area contributed by atoms with E-state index in [9.17, 15) is 14.0 Å². The lowest BCUT2D eigenvalue weighted by Gasteiger charge is -2.14. The van der Waals surface area contributed by atoms with Crippen LogP contribution in [-0.4, -0.2) is 50.7 Å². The third kappa shape index (κ3) is 4.71. The first kappa shape index (κ1) is 20.9. The molecule has 31 heavy (non-hydrogen) atoms. The van der Waals surface area contributed by atoms with Crippen molar-refractivity contribution in [3.63, 3.8) is 0 Å². The largest absolute Gasteiger partial charge is 0.442 e. The van der Waals surface area contributed by atoms with Gasteiger partial charge in [-0.1, -0.05) is 11.8 Å². The molecule has 4 rings (SSSR count). The summed E-state index contributed by atoms with van der Waals surface area (Å²) in [5.74, 6) is -0.702. The average molecular weight is 444 g/mol. The van der Waals surface area contributed by atoms with Crippen LogP contribution in [0.1, 0.15) is 24.8 Å². The minimum atomic E-state index is -0.573. The molecule has 0 saturated carbocycles. The van der Waals surface area contributed by atoms with Crippen molar-refractivity contribution in [1.29, 1.82) is 0 Å². The summed E-state index contributed by atoms with van der Waals surface area (Å²) in [7, 11) is 0. The molecule has 0 bridgehead atoms. The number of aromatic nitrogens is 4. The van der Waals surface area contributed by atoms with Gasteiger partial charge in [0.05, 0.1) is 41.7 Å². The molecule has 162 valence electrons. The summed E-state index contributed by atoms with van der Waals surface area (Å²) in [6, 6.07) is 4.54. The molecule has 0 radical (unpaired) electrons. The third-order valence-electron chi connectivity index (χ3n) is 4.75. The molecule has 1 aromatic carbocycles. The maximum Gasteiger partial charge on any atom is 0.414 e. The molecule has 3 aromatic rings. The highest BCUT2D eigenvalue weighted by Gasteiger charge is 2.32. The number of halogens is 1. The number of nitrogens with one attached hydrogen (secondary N) is 2. The SMILES string of the molecule is CC(=O)NC[C@H]1CN(c2ccc(-n3cnc(C(C)Sc4ncc[nH]4)c3)c(F)c2)C(=O)O1. The van der Waals surface area contributed by atoms with E-state index in [4.69, 9.17) is 4.74 Å². The number of benzene rings is 1. The van der Waals surface area contributed by atoms with Gasteiger partial charge in [0.1, 0.15) is 11.9 Å². The van der Waals surface area contributed by atoms with Crippen LogP contribution in [0.15, 0.2) is 48.3 Å². The lowest BCUT2D eigenvalue weighted by molar-refractivity contribution is -0.119. The molecular weight excluding hydrogens is 423 g/mol. The van der Waals surface area contributed by atoms with Gasteiger partial charge in [-0.3, -0.25) is 9.69 Å². The summed E-state index contributed by atoms with van der Waals surface area (Å²) in [4.78, 5) is 36.1. The molecule has 9 nitrogen and oxygen atoms in total. The van der Waals surface area contributed by atoms with Crippen LogP contribution < -0.4 is 10.2 Å². The summed E-state index contributed by atoms with van der Waals surface area (Å²) in [6.45, 7) is 3.83. The Bertz CT molecular complexity index is 1090. The van der Waals surface area contributed by atoms with Crippen molar-refractivity contribution in [3.8, 4) is 5.69 Å². The average Bonchev–Trinajstić information content (AvgIpc) is 3.47. The number of hydrogen-bond acceptors (Lipinski definition) is 6. The molecular formula is C20H21FN6O3S. The first-order chi connectivity index (χ1) is 14.9. The van der Waals surface area contributed by atoms with E-state index >= 15 is 0 Å². The van der Waals surface area contributed by atoms with Crippen LogP contribution >= 0.6 is 11.8 Å². The number of rotatable bonds is 7. The van der Waals surface area contributed by atoms with Crippen molar-refractivity contribution in [1.82, 2.24) is 24.8 Å². The first-order valence-corrected chi connectivity index (χ1v) is 10.5. The van der Waals surface area contributed by atoms with Crippen molar-refractivity contribution >= 4 is 29.4 Å². The van der Waals surface area contributed by atoms with Crippen LogP contribution in [0.5, 0.6) is 0 Å². The van der Waals surface area contributed by atoms with Crippen molar-refractivity contribution in [2.45, 2.75) is 30.4 Å². The molecule has 2 atom stereocenters. The number of imidazole rings is 2. The summed E-state index contributed by atoms with van der Waals surface area (Å²) >= 11 is 1.52. The molecule has 3 heterocycles. The number of amides is 2. The van der Waals surface area contributed by atoms with Gasteiger partial charge >= 0.3 is 6.09 Å². The number of cyclic esters (lactones) is 1. The van der Waals surface area contributed by atoms with Gasteiger partial charge in [-0.2, -0.15) is 0 Å². The highest BCUT2D eigenvalue weighted by Crippen LogP contribution is 2.32. The molecule has 1 fully saturated rings. The number of aromatic amines is 1. The zero-order valence-corrected chi connectivity index (χ0v) is 17.7. The number of nitrogens with zero attached hydrogens (tertiary/aromatic N) is 4. The molecule has 2 amide bonds. The molecule has 2 aromatic heterocycles. The number of thioether (sulfide) groups is 1. The van der Waals surface area contributed by atoms with E-state index < -0.39 is 18.0 Å². The van der Waals surface area contributed by atoms with Gasteiger partial charge in [0, 0.05) is 25.5 Å². The van der Waals surface area contributed by atoms with Gasteiger partial charge in [-0.25, -0.2) is 19.2 Å². The van der Waals surface area contributed by atoms with Gasteiger partial charge in [0.2, 0.25) is 5.91 Å². The van der Waals surface area contributed by atoms with E-state index in [0.29, 0.717) is 11.4 Å². The zero-order chi connectivity index (χ0) is 22.0. The van der Waals surface area contributed by atoms with Crippen molar-refractivity contribution in [2.75, 3.05) is 18.0 Å². The fourth-order valence-electron chi connectivity index (χ4n) is 3.19. The molecule has 1 aliphatic heterocycles. The second kappa shape index (κ2) is 8.80. The number of carbonyl (C=O) groups is 2. The quantitative estimate of drug-likeness (QED) is 0.543. The zero-order valence-electron chi connectivity index (χ0n) is 16.9. The third-order valence-corrected chi connectivity index (χ3v) is 5.80. The van der Waals surface area contributed by atoms with E-state index in [1.807, 2.05) is 6.92 Å². The predicted molar refractivity (Wildman–Crippen MR) is 113 cm³/mol. The number of carbonyl (C=O) groups excluding carboxylic acids is 2. The molecule has 0 aliphatic carbocycles. The van der Waals surface area contributed by atoms with Gasteiger partial charge in [0.25, 0.3) is 0 Å². The van der Waals surface area contributed by atoms with E-state index in [1.165, 1.54) is 29.7 Å². The van der Waals surface area contributed by atoms with Crippen molar-refractivity contribution in [3.05, 3.63) is 54.6 Å². The maximum atomic E-state index is 14.9. The monoisotopic (exact) mass is 444 g/mol. The molecule has 1 aliphatic rings. The van der Waals surface area contributed by atoms with Crippen LogP contribution in [0, 0.1) is 5.82 Å². The second-order valence-electron chi connectivity index (χ2n) is 7.05. The minimum Gasteiger partial charge on any atom is -0.442 e. The highest BCUT2D eigenvalue weighted by molar-refractivity contribution is 7.99. The van der Waals surface area contributed by atoms with Crippen LogP contribution in [0.4, 0.5) is 14.9 Å². The Balaban J connectivity index is 1.46. The topological polar surface area (TPSA) is 105 Å². The lowest BCUT2D eigenvalue weighted by atomic mass is 10.2. The summed E-state index contributed by atoms with van der Waals surface area (Å²) < 4.78 is 21.7. The minimum absolute atomic E-state index is 0.0228. The standard InChI is InChI=1S/C20H21FN6O3S/c1-12(31-19-22-5-6-23-19)17-10-26(11-25-17)18-4-3-14(7-16(18)21)27-9-15(30-20(27)29)8-24-13(2)28/h3-7,10-12,15H,8-9H2,1-2H3,(H,22,23)(H,24,28)/t12?,15-/m0/s1. The second-order valence-corrected chi connectivity index (χ2v) is 8.38. The number of H-pyrrole nitrogens is 1. The van der Waals surface area contributed by atoms with E-state index in [2.05, 4.69) is 20.3 Å². The van der Waals surface area contributed by atoms with E-state index in [1.54, 1.807) is 41.6 Å². The molecule has 0 spiro atoms. The Morgan fingerprint density at radius 3 is 3.00 bits per heavy atom.